The highest BCUT2D eigenvalue weighted by atomic mass is 16.2. The van der Waals surface area contributed by atoms with Crippen LogP contribution in [0.1, 0.15) is 53.4 Å². The van der Waals surface area contributed by atoms with Gasteiger partial charge in [0.1, 0.15) is 12.1 Å². The number of carbonyl (C=O) groups is 2. The Morgan fingerprint density at radius 3 is 2.56 bits per heavy atom. The van der Waals surface area contributed by atoms with Gasteiger partial charge in [0, 0.05) is 6.04 Å². The van der Waals surface area contributed by atoms with E-state index in [1.165, 1.54) is 0 Å². The molecular formula is C14H24N2O2. The second-order valence-electron chi connectivity index (χ2n) is 6.46. The fourth-order valence-corrected chi connectivity index (χ4v) is 3.33. The Hall–Kier alpha value is -1.06. The summed E-state index contributed by atoms with van der Waals surface area (Å²) in [5.74, 6) is 0.0958. The van der Waals surface area contributed by atoms with Gasteiger partial charge in [0.05, 0.1) is 0 Å². The first-order valence-electron chi connectivity index (χ1n) is 6.98. The van der Waals surface area contributed by atoms with Crippen LogP contribution < -0.4 is 5.32 Å². The van der Waals surface area contributed by atoms with Crippen LogP contribution in [-0.4, -0.2) is 34.8 Å². The normalized spacial score (nSPS) is 35.8. The highest BCUT2D eigenvalue weighted by Gasteiger charge is 2.44. The highest BCUT2D eigenvalue weighted by Crippen LogP contribution is 2.40. The van der Waals surface area contributed by atoms with Gasteiger partial charge < -0.3 is 10.2 Å². The van der Waals surface area contributed by atoms with Crippen LogP contribution in [-0.2, 0) is 9.59 Å². The minimum absolute atomic E-state index is 0.00862. The molecule has 2 aliphatic rings. The standard InChI is InChI=1S/C14H24N2O2/c1-5-11-12(17)15-9(2)13(18)16(11)10-6-7-14(3,4)8-10/h9-11H,5-8H2,1-4H3,(H,15,17). The summed E-state index contributed by atoms with van der Waals surface area (Å²) in [6.45, 7) is 8.23. The van der Waals surface area contributed by atoms with Gasteiger partial charge in [-0.15, -0.1) is 0 Å². The zero-order valence-electron chi connectivity index (χ0n) is 11.8. The zero-order valence-corrected chi connectivity index (χ0v) is 11.8. The Balaban J connectivity index is 2.21. The quantitative estimate of drug-likeness (QED) is 0.813. The molecule has 4 nitrogen and oxygen atoms in total. The molecule has 1 saturated carbocycles. The number of hydrogen-bond acceptors (Lipinski definition) is 2. The second-order valence-corrected chi connectivity index (χ2v) is 6.46. The number of piperazine rings is 1. The van der Waals surface area contributed by atoms with Crippen molar-refractivity contribution in [3.8, 4) is 0 Å². The second kappa shape index (κ2) is 4.56. The average molecular weight is 252 g/mol. The van der Waals surface area contributed by atoms with Gasteiger partial charge in [0.25, 0.3) is 0 Å². The molecule has 1 aliphatic heterocycles. The molecule has 1 saturated heterocycles. The SMILES string of the molecule is CCC1C(=O)NC(C)C(=O)N1C1CCC(C)(C)C1. The minimum atomic E-state index is -0.371. The first-order valence-corrected chi connectivity index (χ1v) is 6.98. The van der Waals surface area contributed by atoms with Crippen molar-refractivity contribution >= 4 is 11.8 Å². The molecule has 3 atom stereocenters. The lowest BCUT2D eigenvalue weighted by atomic mass is 9.91. The van der Waals surface area contributed by atoms with Crippen molar-refractivity contribution < 1.29 is 9.59 Å². The van der Waals surface area contributed by atoms with Crippen LogP contribution in [0.3, 0.4) is 0 Å². The summed E-state index contributed by atoms with van der Waals surface area (Å²) >= 11 is 0. The van der Waals surface area contributed by atoms with Crippen molar-refractivity contribution in [3.63, 3.8) is 0 Å². The Morgan fingerprint density at radius 2 is 2.06 bits per heavy atom. The maximum Gasteiger partial charge on any atom is 0.245 e. The summed E-state index contributed by atoms with van der Waals surface area (Å²) in [4.78, 5) is 26.2. The molecule has 2 rings (SSSR count). The fourth-order valence-electron chi connectivity index (χ4n) is 3.33. The molecule has 0 radical (unpaired) electrons. The van der Waals surface area contributed by atoms with Crippen molar-refractivity contribution in [2.75, 3.05) is 0 Å². The number of carbonyl (C=O) groups excluding carboxylic acids is 2. The summed E-state index contributed by atoms with van der Waals surface area (Å²) in [6.07, 6.45) is 3.86. The lowest BCUT2D eigenvalue weighted by Crippen LogP contribution is -2.64. The maximum absolute atomic E-state index is 12.3. The van der Waals surface area contributed by atoms with Crippen molar-refractivity contribution in [3.05, 3.63) is 0 Å². The lowest BCUT2D eigenvalue weighted by Gasteiger charge is -2.41. The third kappa shape index (κ3) is 2.25. The third-order valence-electron chi connectivity index (χ3n) is 4.34. The molecule has 0 bridgehead atoms. The van der Waals surface area contributed by atoms with Gasteiger partial charge in [-0.25, -0.2) is 0 Å². The van der Waals surface area contributed by atoms with Gasteiger partial charge in [-0.3, -0.25) is 9.59 Å². The van der Waals surface area contributed by atoms with E-state index in [2.05, 4.69) is 19.2 Å². The molecule has 1 heterocycles. The van der Waals surface area contributed by atoms with E-state index in [0.717, 1.165) is 19.3 Å². The molecular weight excluding hydrogens is 228 g/mol. The minimum Gasteiger partial charge on any atom is -0.343 e. The molecule has 1 aliphatic carbocycles. The van der Waals surface area contributed by atoms with E-state index in [9.17, 15) is 9.59 Å². The molecule has 18 heavy (non-hydrogen) atoms. The zero-order chi connectivity index (χ0) is 13.5. The molecule has 2 amide bonds. The number of nitrogens with one attached hydrogen (secondary N) is 1. The van der Waals surface area contributed by atoms with E-state index in [1.807, 2.05) is 11.8 Å². The molecule has 2 fully saturated rings. The summed E-state index contributed by atoms with van der Waals surface area (Å²) < 4.78 is 0. The van der Waals surface area contributed by atoms with E-state index in [4.69, 9.17) is 0 Å². The molecule has 0 spiro atoms. The maximum atomic E-state index is 12.3. The molecule has 1 N–H and O–H groups in total. The Bertz CT molecular complexity index is 365. The molecule has 3 unspecified atom stereocenters. The van der Waals surface area contributed by atoms with E-state index in [1.54, 1.807) is 6.92 Å². The fraction of sp³-hybridized carbons (Fsp3) is 0.857. The van der Waals surface area contributed by atoms with Gasteiger partial charge in [-0.2, -0.15) is 0 Å². The highest BCUT2D eigenvalue weighted by molar-refractivity contribution is 5.96. The van der Waals surface area contributed by atoms with Crippen molar-refractivity contribution in [2.24, 2.45) is 5.41 Å². The van der Waals surface area contributed by atoms with Crippen LogP contribution in [0.4, 0.5) is 0 Å². The van der Waals surface area contributed by atoms with E-state index in [0.29, 0.717) is 11.8 Å². The van der Waals surface area contributed by atoms with Gasteiger partial charge >= 0.3 is 0 Å². The van der Waals surface area contributed by atoms with E-state index in [-0.39, 0.29) is 29.9 Å². The summed E-state index contributed by atoms with van der Waals surface area (Å²) in [5.41, 5.74) is 0.292. The third-order valence-corrected chi connectivity index (χ3v) is 4.34. The Kier molecular flexibility index (Phi) is 3.39. The molecule has 0 aromatic carbocycles. The predicted molar refractivity (Wildman–Crippen MR) is 69.9 cm³/mol. The smallest absolute Gasteiger partial charge is 0.245 e. The van der Waals surface area contributed by atoms with Crippen molar-refractivity contribution in [2.45, 2.75) is 71.5 Å². The van der Waals surface area contributed by atoms with Crippen molar-refractivity contribution in [1.82, 2.24) is 10.2 Å². The Labute approximate surface area is 109 Å². The van der Waals surface area contributed by atoms with Crippen LogP contribution in [0, 0.1) is 5.41 Å². The van der Waals surface area contributed by atoms with Crippen LogP contribution in [0.2, 0.25) is 0 Å². The van der Waals surface area contributed by atoms with Crippen LogP contribution in [0.15, 0.2) is 0 Å². The number of hydrogen-bond donors (Lipinski definition) is 1. The van der Waals surface area contributed by atoms with Crippen LogP contribution >= 0.6 is 0 Å². The monoisotopic (exact) mass is 252 g/mol. The first-order chi connectivity index (χ1) is 8.35. The first kappa shape index (κ1) is 13.4. The molecule has 4 heteroatoms. The number of nitrogens with zero attached hydrogens (tertiary/aromatic N) is 1. The Morgan fingerprint density at radius 1 is 1.39 bits per heavy atom. The molecule has 102 valence electrons. The van der Waals surface area contributed by atoms with Gasteiger partial charge in [-0.05, 0) is 38.0 Å². The van der Waals surface area contributed by atoms with Gasteiger partial charge in [0.2, 0.25) is 11.8 Å². The van der Waals surface area contributed by atoms with Crippen LogP contribution in [0.5, 0.6) is 0 Å². The van der Waals surface area contributed by atoms with Crippen molar-refractivity contribution in [1.29, 1.82) is 0 Å². The van der Waals surface area contributed by atoms with Gasteiger partial charge in [-0.1, -0.05) is 20.8 Å². The number of amides is 2. The van der Waals surface area contributed by atoms with Crippen LogP contribution in [0.25, 0.3) is 0 Å². The van der Waals surface area contributed by atoms with E-state index >= 15 is 0 Å². The molecule has 0 aromatic rings. The lowest BCUT2D eigenvalue weighted by molar-refractivity contribution is -0.151. The number of rotatable bonds is 2. The summed E-state index contributed by atoms with van der Waals surface area (Å²) in [7, 11) is 0. The topological polar surface area (TPSA) is 49.4 Å². The summed E-state index contributed by atoms with van der Waals surface area (Å²) in [6, 6.07) is -0.400. The average Bonchev–Trinajstić information content (AvgIpc) is 2.63. The van der Waals surface area contributed by atoms with E-state index < -0.39 is 0 Å². The summed E-state index contributed by atoms with van der Waals surface area (Å²) in [5, 5.41) is 2.77. The van der Waals surface area contributed by atoms with Gasteiger partial charge in [0.15, 0.2) is 0 Å². The predicted octanol–water partition coefficient (Wildman–Crippen LogP) is 1.69. The largest absolute Gasteiger partial charge is 0.343 e. The molecule has 0 aromatic heterocycles.